The summed E-state index contributed by atoms with van der Waals surface area (Å²) in [6.07, 6.45) is 0. The Morgan fingerprint density at radius 2 is 2.38 bits per heavy atom. The third-order valence-corrected chi connectivity index (χ3v) is 3.23. The number of rotatable bonds is 2. The predicted octanol–water partition coefficient (Wildman–Crippen LogP) is 2.21. The fraction of sp³-hybridized carbons (Fsp3) is 0. The Bertz CT molecular complexity index is 612. The van der Waals surface area contributed by atoms with Gasteiger partial charge in [-0.1, -0.05) is 0 Å². The molecule has 0 unspecified atom stereocenters. The maximum Gasteiger partial charge on any atom is 0.347 e. The van der Waals surface area contributed by atoms with E-state index in [0.717, 1.165) is 8.79 Å². The topological polar surface area (TPSA) is 81.6 Å². The van der Waals surface area contributed by atoms with Gasteiger partial charge in [0.1, 0.15) is 17.6 Å². The number of hydrogen-bond acceptors (Lipinski definition) is 5. The second-order valence-corrected chi connectivity index (χ2v) is 5.29. The largest absolute Gasteiger partial charge is 0.347 e. The molecule has 2 N–H and O–H groups in total. The highest BCUT2D eigenvalue weighted by Crippen LogP contribution is 2.28. The molecule has 0 aliphatic heterocycles. The maximum atomic E-state index is 11.1. The third kappa shape index (κ3) is 2.48. The van der Waals surface area contributed by atoms with Gasteiger partial charge in [-0.3, -0.25) is 4.98 Å². The van der Waals surface area contributed by atoms with Crippen molar-refractivity contribution in [3.63, 3.8) is 0 Å². The maximum absolute atomic E-state index is 11.1. The van der Waals surface area contributed by atoms with Crippen LogP contribution in [0.15, 0.2) is 26.8 Å². The van der Waals surface area contributed by atoms with Crippen LogP contribution in [0.4, 0.5) is 10.8 Å². The number of nitriles is 1. The molecule has 16 heavy (non-hydrogen) atoms. The minimum atomic E-state index is -0.544. The lowest BCUT2D eigenvalue weighted by Gasteiger charge is -2.00. The Hall–Kier alpha value is -1.65. The van der Waals surface area contributed by atoms with E-state index in [-0.39, 0.29) is 5.69 Å². The molecule has 0 fully saturated rings. The van der Waals surface area contributed by atoms with E-state index < -0.39 is 5.69 Å². The van der Waals surface area contributed by atoms with Crippen LogP contribution in [0.1, 0.15) is 5.69 Å². The number of thiophene rings is 1. The van der Waals surface area contributed by atoms with Crippen LogP contribution in [0.2, 0.25) is 0 Å². The Kier molecular flexibility index (Phi) is 3.03. The molecule has 0 saturated carbocycles. The average molecular weight is 297 g/mol. The zero-order valence-corrected chi connectivity index (χ0v) is 10.2. The number of aromatic nitrogens is 2. The summed E-state index contributed by atoms with van der Waals surface area (Å²) in [6.45, 7) is 0. The summed E-state index contributed by atoms with van der Waals surface area (Å²) in [5, 5.41) is 12.5. The molecule has 80 valence electrons. The Labute approximate surface area is 103 Å². The molecular weight excluding hydrogens is 292 g/mol. The third-order valence-electron chi connectivity index (χ3n) is 1.69. The average Bonchev–Trinajstić information content (AvgIpc) is 2.63. The molecule has 0 atom stereocenters. The highest BCUT2D eigenvalue weighted by atomic mass is 79.9. The lowest BCUT2D eigenvalue weighted by Crippen LogP contribution is -2.13. The number of anilines is 2. The molecule has 5 nitrogen and oxygen atoms in total. The van der Waals surface area contributed by atoms with Crippen molar-refractivity contribution in [3.8, 4) is 6.07 Å². The summed E-state index contributed by atoms with van der Waals surface area (Å²) in [5.41, 5.74) is -0.365. The van der Waals surface area contributed by atoms with Gasteiger partial charge in [-0.15, -0.1) is 11.3 Å². The van der Waals surface area contributed by atoms with Gasteiger partial charge in [-0.25, -0.2) is 4.79 Å². The normalized spacial score (nSPS) is 9.75. The molecule has 7 heteroatoms. The molecular formula is C9H5BrN4OS. The van der Waals surface area contributed by atoms with E-state index in [9.17, 15) is 4.79 Å². The summed E-state index contributed by atoms with van der Waals surface area (Å²) >= 11 is 4.80. The molecule has 0 saturated heterocycles. The first-order valence-electron chi connectivity index (χ1n) is 4.21. The molecule has 0 amide bonds. The van der Waals surface area contributed by atoms with E-state index in [2.05, 4.69) is 31.2 Å². The lowest BCUT2D eigenvalue weighted by molar-refractivity contribution is 1.06. The minimum absolute atomic E-state index is 0.179. The van der Waals surface area contributed by atoms with Gasteiger partial charge in [0, 0.05) is 6.07 Å². The van der Waals surface area contributed by atoms with Crippen molar-refractivity contribution >= 4 is 38.1 Å². The van der Waals surface area contributed by atoms with Crippen LogP contribution < -0.4 is 11.0 Å². The Morgan fingerprint density at radius 1 is 1.56 bits per heavy atom. The number of nitrogens with one attached hydrogen (secondary N) is 2. The minimum Gasteiger partial charge on any atom is -0.332 e. The smallest absolute Gasteiger partial charge is 0.332 e. The van der Waals surface area contributed by atoms with Crippen molar-refractivity contribution in [2.24, 2.45) is 0 Å². The summed E-state index contributed by atoms with van der Waals surface area (Å²) in [6, 6.07) is 7.07. The first-order chi connectivity index (χ1) is 7.67. The summed E-state index contributed by atoms with van der Waals surface area (Å²) in [4.78, 5) is 17.1. The van der Waals surface area contributed by atoms with Crippen molar-refractivity contribution in [1.29, 1.82) is 5.26 Å². The monoisotopic (exact) mass is 296 g/mol. The van der Waals surface area contributed by atoms with Gasteiger partial charge in [0.05, 0.1) is 8.79 Å². The van der Waals surface area contributed by atoms with Gasteiger partial charge in [-0.2, -0.15) is 10.2 Å². The molecule has 0 aliphatic rings. The highest BCUT2D eigenvalue weighted by Gasteiger charge is 2.02. The lowest BCUT2D eigenvalue weighted by atomic mass is 10.4. The van der Waals surface area contributed by atoms with Crippen LogP contribution in [0.3, 0.4) is 0 Å². The van der Waals surface area contributed by atoms with Crippen molar-refractivity contribution in [2.45, 2.75) is 0 Å². The molecule has 0 aliphatic carbocycles. The Morgan fingerprint density at radius 3 is 3.00 bits per heavy atom. The van der Waals surface area contributed by atoms with Crippen LogP contribution in [0, 0.1) is 11.3 Å². The van der Waals surface area contributed by atoms with Gasteiger partial charge in [-0.05, 0) is 28.1 Å². The number of aromatic amines is 1. The van der Waals surface area contributed by atoms with E-state index in [1.54, 1.807) is 0 Å². The van der Waals surface area contributed by atoms with Crippen molar-refractivity contribution in [1.82, 2.24) is 9.97 Å². The summed E-state index contributed by atoms with van der Waals surface area (Å²) in [7, 11) is 0. The van der Waals surface area contributed by atoms with E-state index in [4.69, 9.17) is 5.26 Å². The molecule has 0 bridgehead atoms. The van der Waals surface area contributed by atoms with Crippen molar-refractivity contribution in [3.05, 3.63) is 38.2 Å². The van der Waals surface area contributed by atoms with Crippen LogP contribution in [-0.4, -0.2) is 9.97 Å². The van der Waals surface area contributed by atoms with E-state index >= 15 is 0 Å². The fourth-order valence-electron chi connectivity index (χ4n) is 1.09. The first-order valence-corrected chi connectivity index (χ1v) is 5.82. The van der Waals surface area contributed by atoms with Gasteiger partial charge in [0.25, 0.3) is 0 Å². The predicted molar refractivity (Wildman–Crippen MR) is 64.9 cm³/mol. The second kappa shape index (κ2) is 4.47. The van der Waals surface area contributed by atoms with Crippen LogP contribution in [0.25, 0.3) is 0 Å². The standard InChI is InChI=1S/C9H5BrN4OS/c10-6-1-2-8(16-6)13-7-3-5(4-11)12-9(15)14-7/h1-3H,(H2,12,13,14,15). The molecule has 2 aromatic rings. The number of H-pyrrole nitrogens is 1. The quantitative estimate of drug-likeness (QED) is 0.890. The van der Waals surface area contributed by atoms with E-state index in [0.29, 0.717) is 5.82 Å². The van der Waals surface area contributed by atoms with Gasteiger partial charge >= 0.3 is 5.69 Å². The molecule has 2 rings (SSSR count). The van der Waals surface area contributed by atoms with Gasteiger partial charge in [0.15, 0.2) is 0 Å². The van der Waals surface area contributed by atoms with Crippen molar-refractivity contribution in [2.75, 3.05) is 5.32 Å². The summed E-state index contributed by atoms with van der Waals surface area (Å²) in [5.74, 6) is 0.356. The van der Waals surface area contributed by atoms with Crippen molar-refractivity contribution < 1.29 is 0 Å². The molecule has 0 spiro atoms. The van der Waals surface area contributed by atoms with Crippen LogP contribution in [0.5, 0.6) is 0 Å². The van der Waals surface area contributed by atoms with Crippen LogP contribution in [-0.2, 0) is 0 Å². The van der Waals surface area contributed by atoms with E-state index in [1.807, 2.05) is 18.2 Å². The molecule has 0 radical (unpaired) electrons. The first kappa shape index (κ1) is 10.9. The number of nitrogens with zero attached hydrogens (tertiary/aromatic N) is 2. The number of halogens is 1. The number of hydrogen-bond donors (Lipinski definition) is 2. The Balaban J connectivity index is 2.32. The molecule has 0 aromatic carbocycles. The SMILES string of the molecule is N#Cc1cc(Nc2ccc(Br)s2)nc(=O)[nH]1. The zero-order valence-electron chi connectivity index (χ0n) is 7.82. The molecule has 2 aromatic heterocycles. The summed E-state index contributed by atoms with van der Waals surface area (Å²) < 4.78 is 0.973. The van der Waals surface area contributed by atoms with E-state index in [1.165, 1.54) is 17.4 Å². The highest BCUT2D eigenvalue weighted by molar-refractivity contribution is 9.11. The van der Waals surface area contributed by atoms with Crippen LogP contribution >= 0.6 is 27.3 Å². The van der Waals surface area contributed by atoms with Gasteiger partial charge < -0.3 is 5.32 Å². The fourth-order valence-corrected chi connectivity index (χ4v) is 2.38. The molecule has 2 heterocycles. The second-order valence-electron chi connectivity index (χ2n) is 2.83. The zero-order chi connectivity index (χ0) is 11.5. The van der Waals surface area contributed by atoms with Gasteiger partial charge in [0.2, 0.25) is 0 Å².